The molecule has 2 unspecified atom stereocenters. The van der Waals surface area contributed by atoms with Crippen LogP contribution in [0.5, 0.6) is 0 Å². The van der Waals surface area contributed by atoms with Crippen molar-refractivity contribution in [2.45, 2.75) is 31.7 Å². The molecule has 0 aliphatic rings. The number of methoxy groups -OCH3 is 1. The predicted molar refractivity (Wildman–Crippen MR) is 88.4 cm³/mol. The molecule has 112 valence electrons. The zero-order valence-corrected chi connectivity index (χ0v) is 13.0. The third-order valence-electron chi connectivity index (χ3n) is 4.06. The molecule has 0 fully saturated rings. The molecule has 2 aromatic rings. The average Bonchev–Trinajstić information content (AvgIpc) is 2.55. The molecule has 21 heavy (non-hydrogen) atoms. The van der Waals surface area contributed by atoms with Gasteiger partial charge in [-0.05, 0) is 29.5 Å². The Hall–Kier alpha value is -1.64. The van der Waals surface area contributed by atoms with Gasteiger partial charge in [0.15, 0.2) is 0 Å². The highest BCUT2D eigenvalue weighted by molar-refractivity contribution is 5.30. The second kappa shape index (κ2) is 7.96. The van der Waals surface area contributed by atoms with Crippen molar-refractivity contribution in [2.24, 2.45) is 5.73 Å². The Balaban J connectivity index is 2.12. The van der Waals surface area contributed by atoms with Gasteiger partial charge in [0.25, 0.3) is 0 Å². The van der Waals surface area contributed by atoms with Crippen molar-refractivity contribution in [2.75, 3.05) is 13.7 Å². The van der Waals surface area contributed by atoms with Crippen LogP contribution in [-0.2, 0) is 11.2 Å². The Morgan fingerprint density at radius 1 is 0.952 bits per heavy atom. The summed E-state index contributed by atoms with van der Waals surface area (Å²) in [5, 5.41) is 0. The van der Waals surface area contributed by atoms with Gasteiger partial charge in [0, 0.05) is 19.1 Å². The maximum absolute atomic E-state index is 6.51. The van der Waals surface area contributed by atoms with Crippen molar-refractivity contribution in [1.29, 1.82) is 0 Å². The average molecular weight is 283 g/mol. The number of benzene rings is 2. The van der Waals surface area contributed by atoms with Crippen molar-refractivity contribution in [3.8, 4) is 0 Å². The molecule has 0 bridgehead atoms. The van der Waals surface area contributed by atoms with Crippen molar-refractivity contribution in [3.63, 3.8) is 0 Å². The molecular weight excluding hydrogens is 258 g/mol. The van der Waals surface area contributed by atoms with Crippen LogP contribution in [0.2, 0.25) is 0 Å². The zero-order chi connectivity index (χ0) is 15.1. The molecule has 0 aliphatic heterocycles. The van der Waals surface area contributed by atoms with E-state index in [0.29, 0.717) is 5.92 Å². The smallest absolute Gasteiger partial charge is 0.0502 e. The normalized spacial score (nSPS) is 13.9. The second-order valence-electron chi connectivity index (χ2n) is 5.44. The van der Waals surface area contributed by atoms with Crippen LogP contribution < -0.4 is 5.73 Å². The monoisotopic (exact) mass is 283 g/mol. The molecule has 0 spiro atoms. The lowest BCUT2D eigenvalue weighted by molar-refractivity contribution is 0.202. The van der Waals surface area contributed by atoms with E-state index in [1.54, 1.807) is 7.11 Å². The second-order valence-corrected chi connectivity index (χ2v) is 5.44. The Labute approximate surface area is 127 Å². The Morgan fingerprint density at radius 3 is 2.19 bits per heavy atom. The van der Waals surface area contributed by atoms with Crippen LogP contribution in [0.25, 0.3) is 0 Å². The SMILES string of the molecule is CCC(c1ccccc1)C(N)c1ccc(CCOC)cc1. The maximum atomic E-state index is 6.51. The fourth-order valence-electron chi connectivity index (χ4n) is 2.76. The molecule has 2 heteroatoms. The van der Waals surface area contributed by atoms with Gasteiger partial charge in [-0.1, -0.05) is 61.5 Å². The minimum atomic E-state index is 0.0360. The molecule has 0 aromatic heterocycles. The van der Waals surface area contributed by atoms with E-state index in [1.807, 2.05) is 6.07 Å². The molecule has 0 aliphatic carbocycles. The third-order valence-corrected chi connectivity index (χ3v) is 4.06. The van der Waals surface area contributed by atoms with Gasteiger partial charge in [-0.25, -0.2) is 0 Å². The van der Waals surface area contributed by atoms with Gasteiger partial charge < -0.3 is 10.5 Å². The Bertz CT molecular complexity index is 521. The first-order valence-electron chi connectivity index (χ1n) is 7.64. The van der Waals surface area contributed by atoms with E-state index in [1.165, 1.54) is 16.7 Å². The fourth-order valence-corrected chi connectivity index (χ4v) is 2.76. The maximum Gasteiger partial charge on any atom is 0.0502 e. The molecular formula is C19H25NO. The molecule has 2 nitrogen and oxygen atoms in total. The van der Waals surface area contributed by atoms with Crippen LogP contribution in [0.15, 0.2) is 54.6 Å². The van der Waals surface area contributed by atoms with Crippen LogP contribution in [0.4, 0.5) is 0 Å². The summed E-state index contributed by atoms with van der Waals surface area (Å²) in [6.07, 6.45) is 1.98. The minimum absolute atomic E-state index is 0.0360. The summed E-state index contributed by atoms with van der Waals surface area (Å²) in [7, 11) is 1.73. The van der Waals surface area contributed by atoms with Crippen molar-refractivity contribution in [3.05, 3.63) is 71.3 Å². The number of nitrogens with two attached hydrogens (primary N) is 1. The Kier molecular flexibility index (Phi) is 5.97. The summed E-state index contributed by atoms with van der Waals surface area (Å²) >= 11 is 0. The van der Waals surface area contributed by atoms with Crippen molar-refractivity contribution < 1.29 is 4.74 Å². The summed E-state index contributed by atoms with van der Waals surface area (Å²) in [5.41, 5.74) is 10.3. The lowest BCUT2D eigenvalue weighted by Crippen LogP contribution is -2.19. The molecule has 2 atom stereocenters. The lowest BCUT2D eigenvalue weighted by atomic mass is 9.85. The first-order valence-corrected chi connectivity index (χ1v) is 7.64. The van der Waals surface area contributed by atoms with E-state index in [4.69, 9.17) is 10.5 Å². The first-order chi connectivity index (χ1) is 10.3. The lowest BCUT2D eigenvalue weighted by Gasteiger charge is -2.23. The summed E-state index contributed by atoms with van der Waals surface area (Å²) in [5.74, 6) is 0.357. The summed E-state index contributed by atoms with van der Waals surface area (Å²) in [6, 6.07) is 19.2. The number of ether oxygens (including phenoxy) is 1. The molecule has 2 rings (SSSR count). The summed E-state index contributed by atoms with van der Waals surface area (Å²) in [6.45, 7) is 2.96. The number of hydrogen-bond donors (Lipinski definition) is 1. The van der Waals surface area contributed by atoms with E-state index >= 15 is 0 Å². The third kappa shape index (κ3) is 4.16. The van der Waals surface area contributed by atoms with Gasteiger partial charge >= 0.3 is 0 Å². The van der Waals surface area contributed by atoms with E-state index in [9.17, 15) is 0 Å². The van der Waals surface area contributed by atoms with E-state index in [2.05, 4.69) is 55.5 Å². The van der Waals surface area contributed by atoms with Gasteiger partial charge in [-0.3, -0.25) is 0 Å². The molecule has 0 saturated heterocycles. The molecule has 2 aromatic carbocycles. The highest BCUT2D eigenvalue weighted by Crippen LogP contribution is 2.31. The standard InChI is InChI=1S/C19H25NO/c1-3-18(16-7-5-4-6-8-16)19(20)17-11-9-15(10-12-17)13-14-21-2/h4-12,18-19H,3,13-14,20H2,1-2H3. The molecule has 0 amide bonds. The Morgan fingerprint density at radius 2 is 1.62 bits per heavy atom. The highest BCUT2D eigenvalue weighted by atomic mass is 16.5. The first kappa shape index (κ1) is 15.7. The molecule has 0 radical (unpaired) electrons. The van der Waals surface area contributed by atoms with Gasteiger partial charge in [0.05, 0.1) is 6.61 Å². The zero-order valence-electron chi connectivity index (χ0n) is 13.0. The highest BCUT2D eigenvalue weighted by Gasteiger charge is 2.19. The van der Waals surface area contributed by atoms with Gasteiger partial charge in [-0.15, -0.1) is 0 Å². The van der Waals surface area contributed by atoms with Crippen LogP contribution in [0.3, 0.4) is 0 Å². The molecule has 0 saturated carbocycles. The largest absolute Gasteiger partial charge is 0.384 e. The van der Waals surface area contributed by atoms with E-state index in [-0.39, 0.29) is 6.04 Å². The quantitative estimate of drug-likeness (QED) is 0.831. The predicted octanol–water partition coefficient (Wildman–Crippen LogP) is 4.07. The summed E-state index contributed by atoms with van der Waals surface area (Å²) in [4.78, 5) is 0. The van der Waals surface area contributed by atoms with Crippen LogP contribution >= 0.6 is 0 Å². The van der Waals surface area contributed by atoms with Crippen LogP contribution in [-0.4, -0.2) is 13.7 Å². The molecule has 0 heterocycles. The number of hydrogen-bond acceptors (Lipinski definition) is 2. The van der Waals surface area contributed by atoms with Crippen LogP contribution in [0.1, 0.15) is 42.0 Å². The van der Waals surface area contributed by atoms with E-state index in [0.717, 1.165) is 19.4 Å². The van der Waals surface area contributed by atoms with Gasteiger partial charge in [0.1, 0.15) is 0 Å². The topological polar surface area (TPSA) is 35.2 Å². The van der Waals surface area contributed by atoms with Crippen molar-refractivity contribution >= 4 is 0 Å². The summed E-state index contributed by atoms with van der Waals surface area (Å²) < 4.78 is 5.11. The fraction of sp³-hybridized carbons (Fsp3) is 0.368. The van der Waals surface area contributed by atoms with E-state index < -0.39 is 0 Å². The van der Waals surface area contributed by atoms with Gasteiger partial charge in [-0.2, -0.15) is 0 Å². The molecule has 2 N–H and O–H groups in total. The van der Waals surface area contributed by atoms with Crippen molar-refractivity contribution in [1.82, 2.24) is 0 Å². The minimum Gasteiger partial charge on any atom is -0.384 e. The van der Waals surface area contributed by atoms with Crippen LogP contribution in [0, 0.1) is 0 Å². The van der Waals surface area contributed by atoms with Gasteiger partial charge in [0.2, 0.25) is 0 Å². The number of rotatable bonds is 7.